The summed E-state index contributed by atoms with van der Waals surface area (Å²) in [5.74, 6) is 1.70. The van der Waals surface area contributed by atoms with Crippen molar-refractivity contribution in [1.82, 2.24) is 4.90 Å². The molecule has 106 valence electrons. The molecule has 1 unspecified atom stereocenters. The van der Waals surface area contributed by atoms with Crippen molar-refractivity contribution in [2.45, 2.75) is 31.8 Å². The van der Waals surface area contributed by atoms with Gasteiger partial charge in [-0.05, 0) is 31.6 Å². The molecule has 19 heavy (non-hydrogen) atoms. The number of fused-ring (bicyclic) bond motifs is 1. The molecule has 1 atom stereocenters. The molecule has 0 spiro atoms. The Bertz CT molecular complexity index is 460. The zero-order chi connectivity index (χ0) is 14.0. The van der Waals surface area contributed by atoms with Gasteiger partial charge in [0.2, 0.25) is 0 Å². The molecule has 2 rings (SSSR count). The average molecular weight is 281 g/mol. The SMILES string of the molecule is CCN(CC)CC1CSc2c(N)c(C)cc(N)c2O1. The van der Waals surface area contributed by atoms with Gasteiger partial charge in [0, 0.05) is 12.3 Å². The Kier molecular flexibility index (Phi) is 4.47. The number of likely N-dealkylation sites (N-methyl/N-ethyl adjacent to an activating group) is 1. The molecule has 0 bridgehead atoms. The predicted molar refractivity (Wildman–Crippen MR) is 82.9 cm³/mol. The van der Waals surface area contributed by atoms with Gasteiger partial charge in [-0.3, -0.25) is 0 Å². The van der Waals surface area contributed by atoms with Crippen molar-refractivity contribution in [3.8, 4) is 5.75 Å². The van der Waals surface area contributed by atoms with Gasteiger partial charge in [-0.2, -0.15) is 0 Å². The van der Waals surface area contributed by atoms with Gasteiger partial charge < -0.3 is 21.1 Å². The molecule has 0 fully saturated rings. The summed E-state index contributed by atoms with van der Waals surface area (Å²) in [6, 6.07) is 1.90. The van der Waals surface area contributed by atoms with E-state index in [-0.39, 0.29) is 6.10 Å². The van der Waals surface area contributed by atoms with E-state index in [4.69, 9.17) is 16.2 Å². The molecule has 0 aliphatic carbocycles. The maximum atomic E-state index is 6.10. The Balaban J connectivity index is 2.18. The fourth-order valence-electron chi connectivity index (χ4n) is 2.31. The molecular weight excluding hydrogens is 258 g/mol. The summed E-state index contributed by atoms with van der Waals surface area (Å²) >= 11 is 1.76. The van der Waals surface area contributed by atoms with E-state index >= 15 is 0 Å². The normalized spacial score (nSPS) is 18.2. The fourth-order valence-corrected chi connectivity index (χ4v) is 3.45. The minimum Gasteiger partial charge on any atom is -0.485 e. The van der Waals surface area contributed by atoms with E-state index in [0.717, 1.165) is 47.3 Å². The minimum atomic E-state index is 0.182. The molecule has 0 amide bonds. The van der Waals surface area contributed by atoms with E-state index in [1.165, 1.54) is 0 Å². The number of ether oxygens (including phenoxy) is 1. The molecular formula is C14H23N3OS. The Morgan fingerprint density at radius 3 is 2.68 bits per heavy atom. The Hall–Kier alpha value is -1.07. The highest BCUT2D eigenvalue weighted by molar-refractivity contribution is 7.99. The summed E-state index contributed by atoms with van der Waals surface area (Å²) in [5, 5.41) is 0. The first-order valence-electron chi connectivity index (χ1n) is 6.77. The summed E-state index contributed by atoms with van der Waals surface area (Å²) in [6.07, 6.45) is 0.182. The lowest BCUT2D eigenvalue weighted by atomic mass is 10.1. The molecule has 1 aromatic carbocycles. The molecule has 0 saturated carbocycles. The van der Waals surface area contributed by atoms with Crippen molar-refractivity contribution in [1.29, 1.82) is 0 Å². The first-order chi connectivity index (χ1) is 9.06. The van der Waals surface area contributed by atoms with Gasteiger partial charge in [-0.15, -0.1) is 11.8 Å². The van der Waals surface area contributed by atoms with Crippen molar-refractivity contribution < 1.29 is 4.74 Å². The van der Waals surface area contributed by atoms with Crippen LogP contribution in [0.5, 0.6) is 5.75 Å². The van der Waals surface area contributed by atoms with Crippen molar-refractivity contribution in [2.24, 2.45) is 0 Å². The number of benzene rings is 1. The maximum absolute atomic E-state index is 6.10. The van der Waals surface area contributed by atoms with Crippen LogP contribution in [0.25, 0.3) is 0 Å². The van der Waals surface area contributed by atoms with Crippen LogP contribution in [-0.2, 0) is 0 Å². The summed E-state index contributed by atoms with van der Waals surface area (Å²) in [6.45, 7) is 9.34. The smallest absolute Gasteiger partial charge is 0.158 e. The van der Waals surface area contributed by atoms with E-state index in [1.807, 2.05) is 13.0 Å². The topological polar surface area (TPSA) is 64.5 Å². The summed E-state index contributed by atoms with van der Waals surface area (Å²) < 4.78 is 6.07. The van der Waals surface area contributed by atoms with Gasteiger partial charge in [0.25, 0.3) is 0 Å². The third-order valence-corrected chi connectivity index (χ3v) is 4.80. The summed E-state index contributed by atoms with van der Waals surface area (Å²) in [4.78, 5) is 3.37. The van der Waals surface area contributed by atoms with Crippen molar-refractivity contribution >= 4 is 23.1 Å². The number of thioether (sulfide) groups is 1. The molecule has 1 aliphatic rings. The second kappa shape index (κ2) is 5.92. The number of nitrogens with two attached hydrogens (primary N) is 2. The van der Waals surface area contributed by atoms with E-state index < -0.39 is 0 Å². The van der Waals surface area contributed by atoms with E-state index in [1.54, 1.807) is 11.8 Å². The Labute approximate surface area is 119 Å². The number of nitrogen functional groups attached to an aromatic ring is 2. The second-order valence-corrected chi connectivity index (χ2v) is 5.92. The van der Waals surface area contributed by atoms with Crippen LogP contribution in [0.3, 0.4) is 0 Å². The van der Waals surface area contributed by atoms with Gasteiger partial charge in [0.1, 0.15) is 6.10 Å². The molecule has 0 aromatic heterocycles. The summed E-state index contributed by atoms with van der Waals surface area (Å²) in [7, 11) is 0. The first-order valence-corrected chi connectivity index (χ1v) is 7.75. The zero-order valence-electron chi connectivity index (χ0n) is 11.9. The largest absolute Gasteiger partial charge is 0.485 e. The third-order valence-electron chi connectivity index (χ3n) is 3.56. The van der Waals surface area contributed by atoms with Crippen LogP contribution in [0.1, 0.15) is 19.4 Å². The molecule has 5 heteroatoms. The van der Waals surface area contributed by atoms with Crippen LogP contribution < -0.4 is 16.2 Å². The lowest BCUT2D eigenvalue weighted by molar-refractivity contribution is 0.151. The number of anilines is 2. The minimum absolute atomic E-state index is 0.182. The standard InChI is InChI=1S/C14H23N3OS/c1-4-17(5-2)7-10-8-19-14-12(16)9(3)6-11(15)13(14)18-10/h6,10H,4-5,7-8,15-16H2,1-3H3. The summed E-state index contributed by atoms with van der Waals surface area (Å²) in [5.41, 5.74) is 14.7. The molecule has 4 nitrogen and oxygen atoms in total. The quantitative estimate of drug-likeness (QED) is 0.829. The third kappa shape index (κ3) is 2.92. The van der Waals surface area contributed by atoms with Gasteiger partial charge in [-0.1, -0.05) is 13.8 Å². The van der Waals surface area contributed by atoms with Crippen LogP contribution in [0.4, 0.5) is 11.4 Å². The second-order valence-electron chi connectivity index (χ2n) is 4.89. The Morgan fingerprint density at radius 2 is 2.05 bits per heavy atom. The number of hydrogen-bond acceptors (Lipinski definition) is 5. The van der Waals surface area contributed by atoms with Crippen LogP contribution in [-0.4, -0.2) is 36.4 Å². The highest BCUT2D eigenvalue weighted by Crippen LogP contribution is 2.44. The molecule has 1 heterocycles. The van der Waals surface area contributed by atoms with Crippen molar-refractivity contribution in [2.75, 3.05) is 36.9 Å². The predicted octanol–water partition coefficient (Wildman–Crippen LogP) is 2.35. The zero-order valence-corrected chi connectivity index (χ0v) is 12.7. The van der Waals surface area contributed by atoms with Crippen LogP contribution in [0.15, 0.2) is 11.0 Å². The van der Waals surface area contributed by atoms with Crippen LogP contribution in [0.2, 0.25) is 0 Å². The molecule has 1 aliphatic heterocycles. The van der Waals surface area contributed by atoms with Gasteiger partial charge in [0.15, 0.2) is 5.75 Å². The van der Waals surface area contributed by atoms with E-state index in [0.29, 0.717) is 5.69 Å². The maximum Gasteiger partial charge on any atom is 0.158 e. The average Bonchev–Trinajstić information content (AvgIpc) is 2.42. The van der Waals surface area contributed by atoms with Crippen LogP contribution in [0, 0.1) is 6.92 Å². The number of aryl methyl sites for hydroxylation is 1. The Morgan fingerprint density at radius 1 is 1.37 bits per heavy atom. The molecule has 0 radical (unpaired) electrons. The van der Waals surface area contributed by atoms with Gasteiger partial charge >= 0.3 is 0 Å². The van der Waals surface area contributed by atoms with Crippen LogP contribution >= 0.6 is 11.8 Å². The fraction of sp³-hybridized carbons (Fsp3) is 0.571. The number of hydrogen-bond donors (Lipinski definition) is 2. The number of nitrogens with zero attached hydrogens (tertiary/aromatic N) is 1. The first kappa shape index (κ1) is 14.3. The number of rotatable bonds is 4. The van der Waals surface area contributed by atoms with Gasteiger partial charge in [0.05, 0.1) is 16.3 Å². The lowest BCUT2D eigenvalue weighted by Gasteiger charge is -2.31. The van der Waals surface area contributed by atoms with Gasteiger partial charge in [-0.25, -0.2) is 0 Å². The lowest BCUT2D eigenvalue weighted by Crippen LogP contribution is -2.38. The highest BCUT2D eigenvalue weighted by atomic mass is 32.2. The van der Waals surface area contributed by atoms with E-state index in [2.05, 4.69) is 18.7 Å². The molecule has 1 aromatic rings. The highest BCUT2D eigenvalue weighted by Gasteiger charge is 2.26. The molecule has 0 saturated heterocycles. The van der Waals surface area contributed by atoms with Crippen molar-refractivity contribution in [3.05, 3.63) is 11.6 Å². The monoisotopic (exact) mass is 281 g/mol. The van der Waals surface area contributed by atoms with E-state index in [9.17, 15) is 0 Å². The van der Waals surface area contributed by atoms with Crippen molar-refractivity contribution in [3.63, 3.8) is 0 Å². The molecule has 4 N–H and O–H groups in total.